The van der Waals surface area contributed by atoms with Crippen LogP contribution in [0.4, 0.5) is 0 Å². The Bertz CT molecular complexity index is 926. The average Bonchev–Trinajstić information content (AvgIpc) is 3.24. The third-order valence-corrected chi connectivity index (χ3v) is 14.9. The first-order valence-electron chi connectivity index (χ1n) is 17.1. The maximum absolute atomic E-state index is 13.3. The van der Waals surface area contributed by atoms with Crippen LogP contribution in [0.1, 0.15) is 130 Å². The Morgan fingerprint density at radius 2 is 1.54 bits per heavy atom. The van der Waals surface area contributed by atoms with Gasteiger partial charge in [0.1, 0.15) is 6.10 Å². The predicted molar refractivity (Wildman–Crippen MR) is 154 cm³/mol. The fourth-order valence-corrected chi connectivity index (χ4v) is 13.6. The van der Waals surface area contributed by atoms with Crippen molar-refractivity contribution in [3.05, 3.63) is 0 Å². The fourth-order valence-electron chi connectivity index (χ4n) is 13.6. The summed E-state index contributed by atoms with van der Waals surface area (Å²) in [6.45, 7) is 8.42. The highest BCUT2D eigenvalue weighted by atomic mass is 16.5. The van der Waals surface area contributed by atoms with E-state index in [9.17, 15) is 9.59 Å². The molecule has 4 heteroatoms. The zero-order valence-corrected chi connectivity index (χ0v) is 25.1. The Labute approximate surface area is 237 Å². The molecular formula is C35H55NO3. The van der Waals surface area contributed by atoms with Crippen LogP contribution in [-0.2, 0) is 14.3 Å². The number of hydrogen-bond donors (Lipinski definition) is 1. The SMILES string of the molecule is CC(CCC(=O)NC12CC3CC(CC(C3)C1)C2)C1CCC2C3CCC4CC(OC=O)CCC4(C)C3CCC12C. The third kappa shape index (κ3) is 4.43. The summed E-state index contributed by atoms with van der Waals surface area (Å²) in [6, 6.07) is 0. The van der Waals surface area contributed by atoms with E-state index in [1.54, 1.807) is 0 Å². The Hall–Kier alpha value is -1.06. The highest BCUT2D eigenvalue weighted by Gasteiger charge is 2.61. The summed E-state index contributed by atoms with van der Waals surface area (Å²) in [5, 5.41) is 3.65. The van der Waals surface area contributed by atoms with Gasteiger partial charge in [0, 0.05) is 12.0 Å². The molecule has 218 valence electrons. The number of carbonyl (C=O) groups excluding carboxylic acids is 2. The molecule has 8 saturated carbocycles. The minimum atomic E-state index is 0.155. The van der Waals surface area contributed by atoms with Crippen molar-refractivity contribution in [3.8, 4) is 0 Å². The van der Waals surface area contributed by atoms with Gasteiger partial charge >= 0.3 is 0 Å². The standard InChI is InChI=1S/C35H55NO3/c1-22(4-9-32(38)36-35-18-23-14-24(19-35)16-25(15-23)20-35)29-7-8-30-28-6-5-26-17-27(39-21-37)10-12-33(26,2)31(28)11-13-34(29,30)3/h21-31H,4-20H2,1-3H3,(H,36,38). The molecular weight excluding hydrogens is 482 g/mol. The van der Waals surface area contributed by atoms with Crippen LogP contribution in [-0.4, -0.2) is 24.0 Å². The Morgan fingerprint density at radius 3 is 2.23 bits per heavy atom. The summed E-state index contributed by atoms with van der Waals surface area (Å²) in [6.07, 6.45) is 21.7. The molecule has 0 aromatic heterocycles. The van der Waals surface area contributed by atoms with E-state index in [4.69, 9.17) is 4.74 Å². The molecule has 8 fully saturated rings. The van der Waals surface area contributed by atoms with E-state index in [2.05, 4.69) is 26.1 Å². The van der Waals surface area contributed by atoms with Gasteiger partial charge in [0.25, 0.3) is 6.47 Å². The third-order valence-electron chi connectivity index (χ3n) is 14.9. The molecule has 0 saturated heterocycles. The largest absolute Gasteiger partial charge is 0.465 e. The van der Waals surface area contributed by atoms with Gasteiger partial charge in [-0.05, 0) is 167 Å². The summed E-state index contributed by atoms with van der Waals surface area (Å²) < 4.78 is 5.44. The van der Waals surface area contributed by atoms with Crippen molar-refractivity contribution in [2.75, 3.05) is 0 Å². The average molecular weight is 538 g/mol. The van der Waals surface area contributed by atoms with Crippen LogP contribution in [0.3, 0.4) is 0 Å². The molecule has 1 N–H and O–H groups in total. The molecule has 4 bridgehead atoms. The molecule has 0 aromatic carbocycles. The van der Waals surface area contributed by atoms with Crippen LogP contribution in [0.25, 0.3) is 0 Å². The first kappa shape index (κ1) is 26.8. The molecule has 39 heavy (non-hydrogen) atoms. The van der Waals surface area contributed by atoms with Crippen molar-refractivity contribution in [3.63, 3.8) is 0 Å². The van der Waals surface area contributed by atoms with Crippen LogP contribution in [0.15, 0.2) is 0 Å². The van der Waals surface area contributed by atoms with Gasteiger partial charge in [-0.25, -0.2) is 0 Å². The molecule has 0 spiro atoms. The molecule has 8 aliphatic rings. The van der Waals surface area contributed by atoms with Gasteiger partial charge in [0.15, 0.2) is 0 Å². The van der Waals surface area contributed by atoms with Crippen LogP contribution in [0, 0.1) is 64.1 Å². The lowest BCUT2D eigenvalue weighted by Crippen LogP contribution is -2.59. The van der Waals surface area contributed by atoms with Gasteiger partial charge < -0.3 is 10.1 Å². The van der Waals surface area contributed by atoms with Crippen molar-refractivity contribution in [2.24, 2.45) is 64.1 Å². The van der Waals surface area contributed by atoms with Crippen LogP contribution in [0.2, 0.25) is 0 Å². The number of ether oxygens (including phenoxy) is 1. The summed E-state index contributed by atoms with van der Waals surface area (Å²) >= 11 is 0. The maximum Gasteiger partial charge on any atom is 0.293 e. The maximum atomic E-state index is 13.3. The summed E-state index contributed by atoms with van der Waals surface area (Å²) in [7, 11) is 0. The topological polar surface area (TPSA) is 55.4 Å². The number of amides is 1. The zero-order chi connectivity index (χ0) is 27.0. The smallest absolute Gasteiger partial charge is 0.293 e. The summed E-state index contributed by atoms with van der Waals surface area (Å²) in [5.41, 5.74) is 1.05. The monoisotopic (exact) mass is 537 g/mol. The van der Waals surface area contributed by atoms with Gasteiger partial charge in [-0.3, -0.25) is 9.59 Å². The van der Waals surface area contributed by atoms with Crippen molar-refractivity contribution < 1.29 is 14.3 Å². The predicted octanol–water partition coefficient (Wildman–Crippen LogP) is 7.69. The van der Waals surface area contributed by atoms with Gasteiger partial charge in [-0.15, -0.1) is 0 Å². The van der Waals surface area contributed by atoms with Crippen molar-refractivity contribution in [1.82, 2.24) is 5.32 Å². The zero-order valence-electron chi connectivity index (χ0n) is 25.1. The van der Waals surface area contributed by atoms with Gasteiger partial charge in [-0.1, -0.05) is 20.8 Å². The lowest BCUT2D eigenvalue weighted by molar-refractivity contribution is -0.151. The number of rotatable bonds is 7. The Morgan fingerprint density at radius 1 is 0.872 bits per heavy atom. The molecule has 9 atom stereocenters. The molecule has 0 aromatic rings. The fraction of sp³-hybridized carbons (Fsp3) is 0.943. The lowest BCUT2D eigenvalue weighted by Gasteiger charge is -2.61. The van der Waals surface area contributed by atoms with Crippen molar-refractivity contribution >= 4 is 12.4 Å². The van der Waals surface area contributed by atoms with E-state index < -0.39 is 0 Å². The molecule has 4 nitrogen and oxygen atoms in total. The molecule has 1 amide bonds. The van der Waals surface area contributed by atoms with E-state index in [0.29, 0.717) is 29.1 Å². The highest BCUT2D eigenvalue weighted by molar-refractivity contribution is 5.76. The minimum Gasteiger partial charge on any atom is -0.465 e. The van der Waals surface area contributed by atoms with E-state index in [1.807, 2.05) is 0 Å². The molecule has 0 heterocycles. The van der Waals surface area contributed by atoms with Crippen LogP contribution >= 0.6 is 0 Å². The van der Waals surface area contributed by atoms with Crippen molar-refractivity contribution in [2.45, 2.75) is 142 Å². The second kappa shape index (κ2) is 9.75. The van der Waals surface area contributed by atoms with E-state index in [1.165, 1.54) is 83.5 Å². The van der Waals surface area contributed by atoms with Crippen molar-refractivity contribution in [1.29, 1.82) is 0 Å². The lowest BCUT2D eigenvalue weighted by atomic mass is 9.44. The summed E-state index contributed by atoms with van der Waals surface area (Å²) in [4.78, 5) is 24.3. The normalized spacial score (nSPS) is 52.3. The number of fused-ring (bicyclic) bond motifs is 5. The van der Waals surface area contributed by atoms with E-state index in [-0.39, 0.29) is 11.6 Å². The van der Waals surface area contributed by atoms with Crippen LogP contribution < -0.4 is 5.32 Å². The summed E-state index contributed by atoms with van der Waals surface area (Å²) in [5.74, 6) is 7.76. The molecule has 8 aliphatic carbocycles. The second-order valence-corrected chi connectivity index (χ2v) is 16.8. The van der Waals surface area contributed by atoms with Gasteiger partial charge in [0.05, 0.1) is 0 Å². The van der Waals surface area contributed by atoms with Gasteiger partial charge in [0.2, 0.25) is 5.91 Å². The van der Waals surface area contributed by atoms with Gasteiger partial charge in [-0.2, -0.15) is 0 Å². The molecule has 9 unspecified atom stereocenters. The van der Waals surface area contributed by atoms with E-state index >= 15 is 0 Å². The Balaban J connectivity index is 0.964. The number of hydrogen-bond acceptors (Lipinski definition) is 3. The second-order valence-electron chi connectivity index (χ2n) is 16.8. The molecule has 0 aliphatic heterocycles. The van der Waals surface area contributed by atoms with E-state index in [0.717, 1.165) is 73.0 Å². The highest BCUT2D eigenvalue weighted by Crippen LogP contribution is 2.68. The molecule has 0 radical (unpaired) electrons. The van der Waals surface area contributed by atoms with Crippen LogP contribution in [0.5, 0.6) is 0 Å². The quantitative estimate of drug-likeness (QED) is 0.339. The first-order chi connectivity index (χ1) is 18.7. The Kier molecular flexibility index (Phi) is 6.71. The number of carbonyl (C=O) groups is 2. The molecule has 8 rings (SSSR count). The first-order valence-corrected chi connectivity index (χ1v) is 17.1. The minimum absolute atomic E-state index is 0.155. The number of nitrogens with one attached hydrogen (secondary N) is 1.